The van der Waals surface area contributed by atoms with E-state index >= 15 is 0 Å². The summed E-state index contributed by atoms with van der Waals surface area (Å²) in [6.45, 7) is 4.68. The molecule has 1 saturated heterocycles. The van der Waals surface area contributed by atoms with Crippen LogP contribution in [0.4, 0.5) is 13.2 Å². The van der Waals surface area contributed by atoms with Crippen molar-refractivity contribution in [2.45, 2.75) is 69.6 Å². The lowest BCUT2D eigenvalue weighted by Crippen LogP contribution is -2.59. The second-order valence-corrected chi connectivity index (χ2v) is 13.8. The Morgan fingerprint density at radius 3 is 2.47 bits per heavy atom. The van der Waals surface area contributed by atoms with E-state index in [1.165, 1.54) is 22.9 Å². The number of pyridine rings is 1. The summed E-state index contributed by atoms with van der Waals surface area (Å²) < 4.78 is 47.1. The van der Waals surface area contributed by atoms with Crippen LogP contribution in [0.15, 0.2) is 67.0 Å². The molecule has 0 bridgehead atoms. The van der Waals surface area contributed by atoms with Crippen LogP contribution in [0, 0.1) is 0 Å². The van der Waals surface area contributed by atoms with E-state index in [1.807, 2.05) is 0 Å². The molecule has 11 nitrogen and oxygen atoms in total. The molecule has 3 aromatic rings. The van der Waals surface area contributed by atoms with E-state index < -0.39 is 72.6 Å². The number of nitrogens with zero attached hydrogens (tertiary/aromatic N) is 3. The van der Waals surface area contributed by atoms with Gasteiger partial charge in [-0.3, -0.25) is 24.2 Å². The number of carbonyl (C=O) groups excluding carboxylic acids is 4. The Morgan fingerprint density at radius 2 is 1.80 bits per heavy atom. The molecular formula is C34H40F3N5O6S. The third-order valence-electron chi connectivity index (χ3n) is 7.81. The van der Waals surface area contributed by atoms with E-state index in [-0.39, 0.29) is 18.1 Å². The summed E-state index contributed by atoms with van der Waals surface area (Å²) >= 11 is 1.30. The normalized spacial score (nSPS) is 16.8. The highest BCUT2D eigenvalue weighted by Gasteiger charge is 2.43. The number of benzene rings is 2. The van der Waals surface area contributed by atoms with Gasteiger partial charge in [-0.05, 0) is 44.9 Å². The molecule has 0 spiro atoms. The maximum atomic E-state index is 13.8. The smallest absolute Gasteiger partial charge is 0.391 e. The van der Waals surface area contributed by atoms with Gasteiger partial charge in [0.25, 0.3) is 11.8 Å². The number of ether oxygens (including phenoxy) is 1. The summed E-state index contributed by atoms with van der Waals surface area (Å²) in [7, 11) is 1.06. The molecule has 0 aliphatic carbocycles. The van der Waals surface area contributed by atoms with Gasteiger partial charge in [-0.15, -0.1) is 11.8 Å². The molecule has 2 heterocycles. The zero-order valence-corrected chi connectivity index (χ0v) is 28.4. The second kappa shape index (κ2) is 15.9. The minimum absolute atomic E-state index is 0.0886. The number of hydrogen-bond donors (Lipinski definition) is 3. The quantitative estimate of drug-likeness (QED) is 0.261. The maximum Gasteiger partial charge on any atom is 0.391 e. The molecule has 1 aromatic heterocycles. The van der Waals surface area contributed by atoms with Gasteiger partial charge in [0.15, 0.2) is 12.7 Å². The first-order chi connectivity index (χ1) is 23.0. The highest BCUT2D eigenvalue weighted by atomic mass is 32.2. The van der Waals surface area contributed by atoms with Crippen molar-refractivity contribution < 1.29 is 42.2 Å². The van der Waals surface area contributed by atoms with E-state index in [4.69, 9.17) is 4.74 Å². The number of hydrogen-bond acceptors (Lipinski definition) is 8. The summed E-state index contributed by atoms with van der Waals surface area (Å²) in [4.78, 5) is 59.3. The minimum Gasteiger partial charge on any atom is -0.483 e. The molecule has 1 fully saturated rings. The summed E-state index contributed by atoms with van der Waals surface area (Å²) in [6, 6.07) is 10.8. The van der Waals surface area contributed by atoms with Gasteiger partial charge < -0.3 is 30.3 Å². The van der Waals surface area contributed by atoms with Gasteiger partial charge in [0.05, 0.1) is 18.3 Å². The first kappa shape index (κ1) is 37.4. The third kappa shape index (κ3) is 10.3. The highest BCUT2D eigenvalue weighted by molar-refractivity contribution is 7.99. The summed E-state index contributed by atoms with van der Waals surface area (Å²) in [5, 5.41) is 18.0. The van der Waals surface area contributed by atoms with Crippen molar-refractivity contribution in [1.82, 2.24) is 25.4 Å². The van der Waals surface area contributed by atoms with Crippen LogP contribution in [0.3, 0.4) is 0 Å². The molecule has 0 unspecified atom stereocenters. The van der Waals surface area contributed by atoms with Crippen molar-refractivity contribution >= 4 is 46.2 Å². The number of halogens is 3. The van der Waals surface area contributed by atoms with Crippen molar-refractivity contribution in [3.05, 3.63) is 72.6 Å². The summed E-state index contributed by atoms with van der Waals surface area (Å²) in [5.41, 5.74) is -0.0106. The SMILES string of the molecule is CN(C(=O)COc1cccc2cnccc12)[C@@H](CC(F)(F)F)C(=O)N[C@@H](Cc1ccccc1)[C@H](O)C(=O)N1CSC[C@H]1C(=O)NC(C)(C)C. The molecule has 4 rings (SSSR count). The fourth-order valence-electron chi connectivity index (χ4n) is 5.32. The Kier molecular flexibility index (Phi) is 12.1. The van der Waals surface area contributed by atoms with Crippen molar-refractivity contribution in [3.8, 4) is 5.75 Å². The molecule has 0 saturated carbocycles. The number of thioether (sulfide) groups is 1. The molecule has 4 atom stereocenters. The fraction of sp³-hybridized carbons (Fsp3) is 0.441. The number of nitrogens with one attached hydrogen (secondary N) is 2. The van der Waals surface area contributed by atoms with E-state index in [0.717, 1.165) is 12.4 Å². The molecule has 4 amide bonds. The Balaban J connectivity index is 1.54. The van der Waals surface area contributed by atoms with E-state index in [2.05, 4.69) is 15.6 Å². The molecule has 15 heteroatoms. The molecule has 1 aliphatic heterocycles. The molecule has 264 valence electrons. The van der Waals surface area contributed by atoms with Crippen LogP contribution in [0.1, 0.15) is 32.8 Å². The first-order valence-corrected chi connectivity index (χ1v) is 16.7. The number of aliphatic hydroxyl groups excluding tert-OH is 1. The lowest BCUT2D eigenvalue weighted by Gasteiger charge is -2.33. The Hall–Kier alpha value is -4.37. The molecule has 1 aliphatic rings. The Labute approximate surface area is 286 Å². The van der Waals surface area contributed by atoms with Crippen LogP contribution in [0.5, 0.6) is 5.75 Å². The summed E-state index contributed by atoms with van der Waals surface area (Å²) in [6.07, 6.45) is -5.49. The van der Waals surface area contributed by atoms with Gasteiger partial charge >= 0.3 is 6.18 Å². The van der Waals surface area contributed by atoms with Gasteiger partial charge in [-0.2, -0.15) is 13.2 Å². The predicted octanol–water partition coefficient (Wildman–Crippen LogP) is 3.30. The monoisotopic (exact) mass is 703 g/mol. The number of aliphatic hydroxyl groups is 1. The van der Waals surface area contributed by atoms with Crippen LogP contribution < -0.4 is 15.4 Å². The number of fused-ring (bicyclic) bond motifs is 1. The minimum atomic E-state index is -4.86. The van der Waals surface area contributed by atoms with Crippen LogP contribution in [0.2, 0.25) is 0 Å². The van der Waals surface area contributed by atoms with E-state index in [9.17, 15) is 37.5 Å². The standard InChI is InChI=1S/C34H40F3N5O6S/c1-33(2,3)40-31(46)26-19-49-20-42(26)32(47)29(44)24(15-21-9-6-5-7-10-21)39-30(45)25(16-34(35,36)37)41(4)28(43)18-48-27-12-8-11-22-17-38-14-13-23(22)27/h5-14,17,24-26,29,44H,15-16,18-20H2,1-4H3,(H,39,45)(H,40,46)/t24-,25-,26-,29-/m0/s1. The largest absolute Gasteiger partial charge is 0.483 e. The predicted molar refractivity (Wildman–Crippen MR) is 178 cm³/mol. The number of amides is 4. The van der Waals surface area contributed by atoms with E-state index in [1.54, 1.807) is 81.6 Å². The van der Waals surface area contributed by atoms with Crippen molar-refractivity contribution in [3.63, 3.8) is 0 Å². The number of likely N-dealkylation sites (N-methyl/N-ethyl adjacent to an activating group) is 1. The Bertz CT molecular complexity index is 1630. The Morgan fingerprint density at radius 1 is 1.08 bits per heavy atom. The van der Waals surface area contributed by atoms with Crippen LogP contribution >= 0.6 is 11.8 Å². The van der Waals surface area contributed by atoms with Gasteiger partial charge in [0.2, 0.25) is 11.8 Å². The first-order valence-electron chi connectivity index (χ1n) is 15.5. The average molecular weight is 704 g/mol. The molecule has 3 N–H and O–H groups in total. The number of carbonyl (C=O) groups is 4. The topological polar surface area (TPSA) is 141 Å². The molecule has 2 aromatic carbocycles. The van der Waals surface area contributed by atoms with Crippen LogP contribution in [0.25, 0.3) is 10.8 Å². The average Bonchev–Trinajstić information content (AvgIpc) is 3.54. The number of aromatic nitrogens is 1. The molecule has 0 radical (unpaired) electrons. The van der Waals surface area contributed by atoms with Crippen molar-refractivity contribution in [2.75, 3.05) is 25.3 Å². The van der Waals surface area contributed by atoms with Gasteiger partial charge in [0.1, 0.15) is 17.8 Å². The van der Waals surface area contributed by atoms with Gasteiger partial charge in [-0.25, -0.2) is 0 Å². The number of rotatable bonds is 12. The molecule has 49 heavy (non-hydrogen) atoms. The van der Waals surface area contributed by atoms with Crippen molar-refractivity contribution in [1.29, 1.82) is 0 Å². The van der Waals surface area contributed by atoms with Crippen LogP contribution in [-0.2, 0) is 25.6 Å². The summed E-state index contributed by atoms with van der Waals surface area (Å²) in [5.74, 6) is -2.76. The fourth-order valence-corrected chi connectivity index (χ4v) is 6.48. The van der Waals surface area contributed by atoms with E-state index in [0.29, 0.717) is 21.6 Å². The third-order valence-corrected chi connectivity index (χ3v) is 8.82. The lowest BCUT2D eigenvalue weighted by molar-refractivity contribution is -0.162. The number of alkyl halides is 3. The van der Waals surface area contributed by atoms with Gasteiger partial charge in [-0.1, -0.05) is 42.5 Å². The van der Waals surface area contributed by atoms with Crippen molar-refractivity contribution in [2.24, 2.45) is 0 Å². The highest BCUT2D eigenvalue weighted by Crippen LogP contribution is 2.27. The maximum absolute atomic E-state index is 13.8. The van der Waals surface area contributed by atoms with Gasteiger partial charge in [0, 0.05) is 41.5 Å². The second-order valence-electron chi connectivity index (χ2n) is 12.8. The zero-order valence-electron chi connectivity index (χ0n) is 27.6. The van der Waals surface area contributed by atoms with Crippen LogP contribution in [-0.4, -0.2) is 105 Å². The lowest BCUT2D eigenvalue weighted by atomic mass is 9.98. The molecular weight excluding hydrogens is 663 g/mol. The zero-order chi connectivity index (χ0) is 35.9.